The van der Waals surface area contributed by atoms with Gasteiger partial charge in [0.25, 0.3) is 17.7 Å². The third-order valence-corrected chi connectivity index (χ3v) is 5.11. The summed E-state index contributed by atoms with van der Waals surface area (Å²) in [7, 11) is 0. The van der Waals surface area contributed by atoms with E-state index in [-0.39, 0.29) is 11.3 Å². The van der Waals surface area contributed by atoms with Crippen molar-refractivity contribution in [3.05, 3.63) is 95.1 Å². The second-order valence-corrected chi connectivity index (χ2v) is 8.73. The molecule has 0 heterocycles. The lowest BCUT2D eigenvalue weighted by atomic mass is 9.87. The molecule has 0 fully saturated rings. The maximum absolute atomic E-state index is 12.5. The topological polar surface area (TPSA) is 96.5 Å². The average molecular weight is 460 g/mol. The van der Waals surface area contributed by atoms with Gasteiger partial charge in [-0.3, -0.25) is 25.2 Å². The lowest BCUT2D eigenvalue weighted by molar-refractivity contribution is 0.0846. The summed E-state index contributed by atoms with van der Waals surface area (Å²) >= 11 is 0. The molecule has 176 valence electrons. The van der Waals surface area contributed by atoms with Crippen LogP contribution in [0.4, 0.5) is 5.69 Å². The number of hydrogen-bond donors (Lipinski definition) is 3. The number of benzene rings is 3. The van der Waals surface area contributed by atoms with Crippen LogP contribution in [0.25, 0.3) is 0 Å². The number of hydrogen-bond acceptors (Lipinski definition) is 4. The van der Waals surface area contributed by atoms with E-state index in [0.717, 1.165) is 5.56 Å². The Morgan fingerprint density at radius 3 is 1.88 bits per heavy atom. The minimum absolute atomic E-state index is 0.0123. The van der Waals surface area contributed by atoms with Crippen LogP contribution in [-0.4, -0.2) is 24.3 Å². The normalized spacial score (nSPS) is 10.8. The summed E-state index contributed by atoms with van der Waals surface area (Å²) < 4.78 is 5.38. The molecule has 0 spiro atoms. The van der Waals surface area contributed by atoms with Crippen molar-refractivity contribution in [3.63, 3.8) is 0 Å². The van der Waals surface area contributed by atoms with Crippen LogP contribution >= 0.6 is 0 Å². The van der Waals surface area contributed by atoms with Gasteiger partial charge in [0.2, 0.25) is 0 Å². The predicted molar refractivity (Wildman–Crippen MR) is 132 cm³/mol. The maximum Gasteiger partial charge on any atom is 0.269 e. The first-order valence-corrected chi connectivity index (χ1v) is 11.0. The van der Waals surface area contributed by atoms with Crippen molar-refractivity contribution in [2.24, 2.45) is 0 Å². The summed E-state index contributed by atoms with van der Waals surface area (Å²) in [5.74, 6) is -0.607. The summed E-state index contributed by atoms with van der Waals surface area (Å²) in [6, 6.07) is 20.5. The molecule has 3 amide bonds. The molecule has 3 aromatic carbocycles. The molecule has 0 aliphatic rings. The average Bonchev–Trinajstić information content (AvgIpc) is 2.82. The van der Waals surface area contributed by atoms with E-state index in [9.17, 15) is 14.4 Å². The van der Waals surface area contributed by atoms with Crippen LogP contribution in [0, 0.1) is 0 Å². The van der Waals surface area contributed by atoms with Crippen LogP contribution < -0.4 is 20.9 Å². The summed E-state index contributed by atoms with van der Waals surface area (Å²) in [6.45, 7) is 8.69. The molecule has 0 saturated heterocycles. The first-order valence-electron chi connectivity index (χ1n) is 11.0. The van der Waals surface area contributed by atoms with E-state index in [1.54, 1.807) is 60.7 Å². The molecule has 0 radical (unpaired) electrons. The van der Waals surface area contributed by atoms with Crippen molar-refractivity contribution in [1.29, 1.82) is 0 Å². The lowest BCUT2D eigenvalue weighted by Gasteiger charge is -2.19. The van der Waals surface area contributed by atoms with E-state index in [1.807, 2.05) is 19.1 Å². The minimum Gasteiger partial charge on any atom is -0.494 e. The van der Waals surface area contributed by atoms with Gasteiger partial charge < -0.3 is 10.1 Å². The molecule has 0 aromatic heterocycles. The van der Waals surface area contributed by atoms with Crippen LogP contribution in [0.2, 0.25) is 0 Å². The molecule has 0 aliphatic heterocycles. The fraction of sp³-hybridized carbons (Fsp3) is 0.222. The number of amides is 3. The molecule has 0 saturated carbocycles. The molecule has 0 aliphatic carbocycles. The summed E-state index contributed by atoms with van der Waals surface area (Å²) in [5.41, 5.74) is 7.72. The van der Waals surface area contributed by atoms with Crippen molar-refractivity contribution in [3.8, 4) is 5.75 Å². The Bertz CT molecular complexity index is 1160. The van der Waals surface area contributed by atoms with Gasteiger partial charge in [0.05, 0.1) is 6.61 Å². The van der Waals surface area contributed by atoms with Gasteiger partial charge in [0.15, 0.2) is 0 Å². The van der Waals surface area contributed by atoms with E-state index in [0.29, 0.717) is 34.7 Å². The highest BCUT2D eigenvalue weighted by molar-refractivity contribution is 6.04. The Balaban J connectivity index is 1.55. The first-order chi connectivity index (χ1) is 16.2. The number of carbonyl (C=O) groups excluding carboxylic acids is 3. The van der Waals surface area contributed by atoms with Crippen molar-refractivity contribution in [2.45, 2.75) is 33.1 Å². The highest BCUT2D eigenvalue weighted by Crippen LogP contribution is 2.22. The number of ether oxygens (including phenoxy) is 1. The number of hydrazine groups is 1. The Morgan fingerprint density at radius 1 is 0.735 bits per heavy atom. The second-order valence-electron chi connectivity index (χ2n) is 8.73. The Morgan fingerprint density at radius 2 is 1.29 bits per heavy atom. The van der Waals surface area contributed by atoms with Gasteiger partial charge in [-0.2, -0.15) is 0 Å². The molecule has 0 unspecified atom stereocenters. The molecule has 0 bridgehead atoms. The molecule has 3 rings (SSSR count). The maximum atomic E-state index is 12.5. The fourth-order valence-electron chi connectivity index (χ4n) is 3.18. The molecule has 3 N–H and O–H groups in total. The number of rotatable bonds is 6. The zero-order chi connectivity index (χ0) is 24.7. The van der Waals surface area contributed by atoms with E-state index in [1.165, 1.54) is 0 Å². The van der Waals surface area contributed by atoms with Crippen LogP contribution in [0.3, 0.4) is 0 Å². The van der Waals surface area contributed by atoms with E-state index in [2.05, 4.69) is 36.9 Å². The van der Waals surface area contributed by atoms with Crippen LogP contribution in [0.15, 0.2) is 72.8 Å². The van der Waals surface area contributed by atoms with Crippen molar-refractivity contribution < 1.29 is 19.1 Å². The monoisotopic (exact) mass is 459 g/mol. The zero-order valence-electron chi connectivity index (χ0n) is 19.8. The van der Waals surface area contributed by atoms with Crippen LogP contribution in [0.1, 0.15) is 64.3 Å². The Hall–Kier alpha value is -4.13. The highest BCUT2D eigenvalue weighted by Gasteiger charge is 2.15. The molecular formula is C27H29N3O4. The van der Waals surface area contributed by atoms with Gasteiger partial charge in [-0.15, -0.1) is 0 Å². The van der Waals surface area contributed by atoms with E-state index < -0.39 is 11.8 Å². The summed E-state index contributed by atoms with van der Waals surface area (Å²) in [5, 5.41) is 2.82. The number of anilines is 1. The van der Waals surface area contributed by atoms with E-state index >= 15 is 0 Å². The summed E-state index contributed by atoms with van der Waals surface area (Å²) in [6.07, 6.45) is 0. The third kappa shape index (κ3) is 6.45. The standard InChI is InChI=1S/C27H29N3O4/c1-5-34-23-8-6-7-20(17-23)26(33)30-29-25(32)19-11-15-22(16-12-19)28-24(31)18-9-13-21(14-10-18)27(2,3)4/h6-17H,5H2,1-4H3,(H,28,31)(H,29,32)(H,30,33). The lowest BCUT2D eigenvalue weighted by Crippen LogP contribution is -2.41. The smallest absolute Gasteiger partial charge is 0.269 e. The quantitative estimate of drug-likeness (QED) is 0.465. The van der Waals surface area contributed by atoms with Gasteiger partial charge in [0, 0.05) is 22.4 Å². The zero-order valence-corrected chi connectivity index (χ0v) is 19.8. The van der Waals surface area contributed by atoms with Crippen LogP contribution in [0.5, 0.6) is 5.75 Å². The van der Waals surface area contributed by atoms with Gasteiger partial charge in [0.1, 0.15) is 5.75 Å². The number of carbonyl (C=O) groups is 3. The van der Waals surface area contributed by atoms with Gasteiger partial charge in [-0.25, -0.2) is 0 Å². The molecular weight excluding hydrogens is 430 g/mol. The van der Waals surface area contributed by atoms with Gasteiger partial charge >= 0.3 is 0 Å². The van der Waals surface area contributed by atoms with Crippen LogP contribution in [-0.2, 0) is 5.41 Å². The molecule has 3 aromatic rings. The molecule has 7 heteroatoms. The van der Waals surface area contributed by atoms with Gasteiger partial charge in [-0.1, -0.05) is 39.0 Å². The summed E-state index contributed by atoms with van der Waals surface area (Å²) in [4.78, 5) is 37.2. The minimum atomic E-state index is -0.482. The largest absolute Gasteiger partial charge is 0.494 e. The molecule has 7 nitrogen and oxygen atoms in total. The number of nitrogens with one attached hydrogen (secondary N) is 3. The fourth-order valence-corrected chi connectivity index (χ4v) is 3.18. The third-order valence-electron chi connectivity index (χ3n) is 5.11. The highest BCUT2D eigenvalue weighted by atomic mass is 16.5. The van der Waals surface area contributed by atoms with Crippen molar-refractivity contribution in [2.75, 3.05) is 11.9 Å². The molecule has 34 heavy (non-hydrogen) atoms. The first kappa shape index (κ1) is 24.5. The Labute approximate surface area is 199 Å². The Kier molecular flexibility index (Phi) is 7.68. The van der Waals surface area contributed by atoms with E-state index in [4.69, 9.17) is 4.74 Å². The predicted octanol–water partition coefficient (Wildman–Crippen LogP) is 4.71. The SMILES string of the molecule is CCOc1cccc(C(=O)NNC(=O)c2ccc(NC(=O)c3ccc(C(C)(C)C)cc3)cc2)c1. The van der Waals surface area contributed by atoms with Crippen molar-refractivity contribution in [1.82, 2.24) is 10.9 Å². The second kappa shape index (κ2) is 10.7. The van der Waals surface area contributed by atoms with Gasteiger partial charge in [-0.05, 0) is 72.5 Å². The van der Waals surface area contributed by atoms with Crippen molar-refractivity contribution >= 4 is 23.4 Å². The molecule has 0 atom stereocenters.